The molecule has 1 saturated carbocycles. The number of nitrogens with one attached hydrogen (secondary N) is 1. The smallest absolute Gasteiger partial charge is 0.0213 e. The van der Waals surface area contributed by atoms with E-state index in [0.717, 1.165) is 12.5 Å². The van der Waals surface area contributed by atoms with Crippen LogP contribution in [0.1, 0.15) is 38.2 Å². The highest BCUT2D eigenvalue weighted by molar-refractivity contribution is 9.10. The Hall–Kier alpha value is -0.340. The summed E-state index contributed by atoms with van der Waals surface area (Å²) in [5, 5.41) is 3.38. The summed E-state index contributed by atoms with van der Waals surface area (Å²) < 4.78 is 1.27. The van der Waals surface area contributed by atoms with Crippen LogP contribution in [-0.4, -0.2) is 13.6 Å². The van der Waals surface area contributed by atoms with Crippen molar-refractivity contribution >= 4 is 15.9 Å². The lowest BCUT2D eigenvalue weighted by molar-refractivity contribution is 0.130. The molecule has 0 unspecified atom stereocenters. The third kappa shape index (κ3) is 2.58. The summed E-state index contributed by atoms with van der Waals surface area (Å²) in [4.78, 5) is 0. The van der Waals surface area contributed by atoms with Crippen LogP contribution in [0.2, 0.25) is 0 Å². The molecule has 94 valence electrons. The number of likely N-dealkylation sites (N-methyl/N-ethyl adjacent to an activating group) is 1. The van der Waals surface area contributed by atoms with E-state index >= 15 is 0 Å². The van der Waals surface area contributed by atoms with E-state index in [1.54, 1.807) is 0 Å². The maximum Gasteiger partial charge on any atom is 0.0213 e. The fourth-order valence-electron chi connectivity index (χ4n) is 3.35. The Balaban J connectivity index is 2.17. The molecule has 0 aromatic heterocycles. The number of hydrogen-bond donors (Lipinski definition) is 1. The van der Waals surface area contributed by atoms with Crippen LogP contribution >= 0.6 is 15.9 Å². The van der Waals surface area contributed by atoms with Crippen molar-refractivity contribution in [3.63, 3.8) is 0 Å². The molecule has 1 aliphatic carbocycles. The molecule has 0 bridgehead atoms. The first-order chi connectivity index (χ1) is 8.22. The van der Waals surface area contributed by atoms with E-state index in [1.165, 1.54) is 35.7 Å². The van der Waals surface area contributed by atoms with Gasteiger partial charge in [0.15, 0.2) is 0 Å². The van der Waals surface area contributed by atoms with Crippen LogP contribution in [0, 0.1) is 5.92 Å². The maximum atomic E-state index is 3.71. The molecular weight excluding hydrogens is 274 g/mol. The molecule has 1 nitrogen and oxygen atoms in total. The first-order valence-electron chi connectivity index (χ1n) is 6.61. The van der Waals surface area contributed by atoms with Gasteiger partial charge in [-0.15, -0.1) is 0 Å². The Labute approximate surface area is 113 Å². The second kappa shape index (κ2) is 5.53. The van der Waals surface area contributed by atoms with E-state index in [4.69, 9.17) is 0 Å². The summed E-state index contributed by atoms with van der Waals surface area (Å²) in [5.41, 5.74) is 1.86. The Morgan fingerprint density at radius 1 is 1.35 bits per heavy atom. The first-order valence-corrected chi connectivity index (χ1v) is 7.41. The minimum Gasteiger partial charge on any atom is -0.319 e. The zero-order chi connectivity index (χ0) is 12.3. The summed E-state index contributed by atoms with van der Waals surface area (Å²) >= 11 is 3.71. The summed E-state index contributed by atoms with van der Waals surface area (Å²) in [6.07, 6.45) is 5.38. The van der Waals surface area contributed by atoms with Crippen molar-refractivity contribution in [2.75, 3.05) is 13.6 Å². The molecule has 0 saturated heterocycles. The summed E-state index contributed by atoms with van der Waals surface area (Å²) in [6.45, 7) is 3.38. The lowest BCUT2D eigenvalue weighted by atomic mass is 9.57. The van der Waals surface area contributed by atoms with Gasteiger partial charge in [0.2, 0.25) is 0 Å². The van der Waals surface area contributed by atoms with Gasteiger partial charge in [-0.3, -0.25) is 0 Å². The number of rotatable bonds is 5. The predicted molar refractivity (Wildman–Crippen MR) is 77.4 cm³/mol. The molecule has 1 fully saturated rings. The average Bonchev–Trinajstić information content (AvgIpc) is 2.27. The van der Waals surface area contributed by atoms with Gasteiger partial charge in [-0.05, 0) is 37.4 Å². The van der Waals surface area contributed by atoms with Crippen LogP contribution < -0.4 is 5.32 Å². The van der Waals surface area contributed by atoms with Crippen molar-refractivity contribution in [1.82, 2.24) is 5.32 Å². The largest absolute Gasteiger partial charge is 0.319 e. The van der Waals surface area contributed by atoms with Crippen molar-refractivity contribution in [3.05, 3.63) is 34.3 Å². The van der Waals surface area contributed by atoms with Crippen molar-refractivity contribution in [2.45, 2.75) is 38.0 Å². The Morgan fingerprint density at radius 2 is 2.06 bits per heavy atom. The van der Waals surface area contributed by atoms with Gasteiger partial charge >= 0.3 is 0 Å². The van der Waals surface area contributed by atoms with Crippen molar-refractivity contribution in [1.29, 1.82) is 0 Å². The van der Waals surface area contributed by atoms with E-state index < -0.39 is 0 Å². The number of hydrogen-bond acceptors (Lipinski definition) is 1. The molecule has 0 radical (unpaired) electrons. The lowest BCUT2D eigenvalue weighted by Gasteiger charge is -2.49. The van der Waals surface area contributed by atoms with Gasteiger partial charge in [-0.25, -0.2) is 0 Å². The zero-order valence-corrected chi connectivity index (χ0v) is 12.4. The summed E-state index contributed by atoms with van der Waals surface area (Å²) in [5.74, 6) is 0.931. The van der Waals surface area contributed by atoms with Crippen LogP contribution in [0.25, 0.3) is 0 Å². The van der Waals surface area contributed by atoms with E-state index in [-0.39, 0.29) is 0 Å². The predicted octanol–water partition coefficient (Wildman–Crippen LogP) is 4.12. The highest BCUT2D eigenvalue weighted by Crippen LogP contribution is 2.50. The molecule has 0 atom stereocenters. The lowest BCUT2D eigenvalue weighted by Crippen LogP contribution is -2.48. The molecule has 1 aromatic rings. The molecule has 2 rings (SSSR count). The Morgan fingerprint density at radius 3 is 2.65 bits per heavy atom. The normalized spacial score (nSPS) is 27.8. The topological polar surface area (TPSA) is 12.0 Å². The van der Waals surface area contributed by atoms with Crippen molar-refractivity contribution in [2.24, 2.45) is 5.92 Å². The van der Waals surface area contributed by atoms with E-state index in [1.807, 2.05) is 0 Å². The van der Waals surface area contributed by atoms with Crippen LogP contribution in [0.5, 0.6) is 0 Å². The van der Waals surface area contributed by atoms with Crippen molar-refractivity contribution < 1.29 is 0 Å². The van der Waals surface area contributed by atoms with Gasteiger partial charge in [0.25, 0.3) is 0 Å². The average molecular weight is 296 g/mol. The van der Waals surface area contributed by atoms with Crippen LogP contribution in [0.15, 0.2) is 28.7 Å². The monoisotopic (exact) mass is 295 g/mol. The van der Waals surface area contributed by atoms with Crippen molar-refractivity contribution in [3.8, 4) is 0 Å². The van der Waals surface area contributed by atoms with Gasteiger partial charge in [0, 0.05) is 16.4 Å². The molecular formula is C15H22BrN. The highest BCUT2D eigenvalue weighted by Gasteiger charge is 2.45. The second-order valence-corrected chi connectivity index (χ2v) is 6.21. The van der Waals surface area contributed by atoms with E-state index in [9.17, 15) is 0 Å². The molecule has 1 aliphatic rings. The summed E-state index contributed by atoms with van der Waals surface area (Å²) in [7, 11) is 2.06. The SMILES string of the molecule is CCCC1CC(CNC)(c2ccccc2Br)C1. The first kappa shape index (κ1) is 13.1. The van der Waals surface area contributed by atoms with Gasteiger partial charge in [0.1, 0.15) is 0 Å². The molecule has 0 heterocycles. The second-order valence-electron chi connectivity index (χ2n) is 5.35. The van der Waals surface area contributed by atoms with Gasteiger partial charge in [-0.1, -0.05) is 53.9 Å². The van der Waals surface area contributed by atoms with E-state index in [0.29, 0.717) is 5.41 Å². The van der Waals surface area contributed by atoms with Gasteiger partial charge < -0.3 is 5.32 Å². The number of benzene rings is 1. The third-order valence-corrected chi connectivity index (χ3v) is 4.71. The molecule has 0 amide bonds. The van der Waals surface area contributed by atoms with Gasteiger partial charge in [0.05, 0.1) is 0 Å². The molecule has 0 spiro atoms. The standard InChI is InChI=1S/C15H22BrN/c1-3-6-12-9-15(10-12,11-17-2)13-7-4-5-8-14(13)16/h4-5,7-8,12,17H,3,6,9-11H2,1-2H3. The van der Waals surface area contributed by atoms with Crippen LogP contribution in [-0.2, 0) is 5.41 Å². The number of halogens is 1. The van der Waals surface area contributed by atoms with Crippen LogP contribution in [0.3, 0.4) is 0 Å². The molecule has 1 aromatic carbocycles. The minimum absolute atomic E-state index is 0.370. The third-order valence-electron chi connectivity index (χ3n) is 4.02. The maximum absolute atomic E-state index is 3.71. The Bertz CT molecular complexity index is 369. The quantitative estimate of drug-likeness (QED) is 0.862. The summed E-state index contributed by atoms with van der Waals surface area (Å²) in [6, 6.07) is 8.71. The molecule has 0 aliphatic heterocycles. The molecule has 17 heavy (non-hydrogen) atoms. The van der Waals surface area contributed by atoms with E-state index in [2.05, 4.69) is 59.5 Å². The minimum atomic E-state index is 0.370. The fraction of sp³-hybridized carbons (Fsp3) is 0.600. The van der Waals surface area contributed by atoms with Gasteiger partial charge in [-0.2, -0.15) is 0 Å². The fourth-order valence-corrected chi connectivity index (χ4v) is 4.05. The zero-order valence-electron chi connectivity index (χ0n) is 10.8. The Kier molecular flexibility index (Phi) is 4.26. The highest BCUT2D eigenvalue weighted by atomic mass is 79.9. The molecule has 2 heteroatoms. The molecule has 1 N–H and O–H groups in total. The van der Waals surface area contributed by atoms with Crippen LogP contribution in [0.4, 0.5) is 0 Å².